The lowest BCUT2D eigenvalue weighted by molar-refractivity contribution is -0.141. The first-order chi connectivity index (χ1) is 10.5. The maximum absolute atomic E-state index is 12.0. The van der Waals surface area contributed by atoms with Crippen molar-refractivity contribution in [2.24, 2.45) is 5.73 Å². The molecular weight excluding hydrogens is 310 g/mol. The average Bonchev–Trinajstić information content (AvgIpc) is 2.46. The number of benzene rings is 1. The third-order valence-electron chi connectivity index (χ3n) is 2.89. The van der Waals surface area contributed by atoms with Gasteiger partial charge < -0.3 is 26.2 Å². The van der Waals surface area contributed by atoms with Crippen LogP contribution in [0.4, 0.5) is 5.69 Å². The summed E-state index contributed by atoms with van der Waals surface area (Å²) in [6.07, 6.45) is 0.420. The predicted octanol–water partition coefficient (Wildman–Crippen LogP) is 1.07. The zero-order valence-electron chi connectivity index (χ0n) is 12.3. The second kappa shape index (κ2) is 9.24. The first kappa shape index (κ1) is 18.2. The molecule has 22 heavy (non-hydrogen) atoms. The third-order valence-corrected chi connectivity index (χ3v) is 3.13. The van der Waals surface area contributed by atoms with Gasteiger partial charge in [-0.2, -0.15) is 0 Å². The summed E-state index contributed by atoms with van der Waals surface area (Å²) in [6.45, 7) is 0.881. The number of hydrogen-bond acceptors (Lipinski definition) is 5. The van der Waals surface area contributed by atoms with Gasteiger partial charge in [0.25, 0.3) is 0 Å². The summed E-state index contributed by atoms with van der Waals surface area (Å²) < 4.78 is 5.11. The highest BCUT2D eigenvalue weighted by Crippen LogP contribution is 2.27. The molecule has 0 aliphatic carbocycles. The van der Waals surface area contributed by atoms with Crippen molar-refractivity contribution in [1.29, 1.82) is 0 Å². The van der Waals surface area contributed by atoms with Crippen LogP contribution in [0.1, 0.15) is 12.8 Å². The van der Waals surface area contributed by atoms with Gasteiger partial charge in [0.05, 0.1) is 19.2 Å². The quantitative estimate of drug-likeness (QED) is 0.504. The Labute approximate surface area is 133 Å². The Hall–Kier alpha value is -1.83. The van der Waals surface area contributed by atoms with Gasteiger partial charge in [-0.3, -0.25) is 9.59 Å². The molecule has 5 N–H and O–H groups in total. The molecule has 1 amide bonds. The molecule has 0 aliphatic heterocycles. The molecule has 0 unspecified atom stereocenters. The topological polar surface area (TPSA) is 114 Å². The first-order valence-electron chi connectivity index (χ1n) is 6.77. The Balaban J connectivity index is 2.67. The van der Waals surface area contributed by atoms with Crippen molar-refractivity contribution in [3.05, 3.63) is 23.2 Å². The molecule has 0 fully saturated rings. The fraction of sp³-hybridized carbons (Fsp3) is 0.429. The molecule has 0 bridgehead atoms. The SMILES string of the molecule is COc1ccc(Cl)cc1NC(=O)C[C@@H](NCCCN)C(=O)O. The summed E-state index contributed by atoms with van der Waals surface area (Å²) >= 11 is 5.87. The molecule has 0 spiro atoms. The number of carboxylic acid groups (broad SMARTS) is 1. The summed E-state index contributed by atoms with van der Waals surface area (Å²) in [6, 6.07) is 3.81. The largest absolute Gasteiger partial charge is 0.495 e. The van der Waals surface area contributed by atoms with Crippen LogP contribution < -0.4 is 21.1 Å². The fourth-order valence-electron chi connectivity index (χ4n) is 1.79. The van der Waals surface area contributed by atoms with Crippen LogP contribution in [0.3, 0.4) is 0 Å². The number of anilines is 1. The van der Waals surface area contributed by atoms with E-state index in [9.17, 15) is 9.59 Å². The molecule has 8 heteroatoms. The van der Waals surface area contributed by atoms with Crippen molar-refractivity contribution in [3.8, 4) is 5.75 Å². The van der Waals surface area contributed by atoms with Gasteiger partial charge in [-0.25, -0.2) is 0 Å². The molecular formula is C14H20ClN3O4. The summed E-state index contributed by atoms with van der Waals surface area (Å²) in [4.78, 5) is 23.1. The minimum absolute atomic E-state index is 0.213. The molecule has 1 aromatic rings. The van der Waals surface area contributed by atoms with E-state index >= 15 is 0 Å². The highest BCUT2D eigenvalue weighted by atomic mass is 35.5. The number of nitrogens with two attached hydrogens (primary N) is 1. The highest BCUT2D eigenvalue weighted by molar-refractivity contribution is 6.31. The molecule has 7 nitrogen and oxygen atoms in total. The Kier molecular flexibility index (Phi) is 7.65. The number of carbonyl (C=O) groups excluding carboxylic acids is 1. The number of rotatable bonds is 9. The lowest BCUT2D eigenvalue weighted by Crippen LogP contribution is -2.40. The van der Waals surface area contributed by atoms with E-state index in [0.717, 1.165) is 0 Å². The Bertz CT molecular complexity index is 525. The highest BCUT2D eigenvalue weighted by Gasteiger charge is 2.21. The van der Waals surface area contributed by atoms with Gasteiger partial charge in [0, 0.05) is 5.02 Å². The van der Waals surface area contributed by atoms with Crippen molar-refractivity contribution in [2.75, 3.05) is 25.5 Å². The average molecular weight is 330 g/mol. The summed E-state index contributed by atoms with van der Waals surface area (Å²) in [5.41, 5.74) is 5.74. The Morgan fingerprint density at radius 2 is 2.18 bits per heavy atom. The van der Waals surface area contributed by atoms with Crippen molar-refractivity contribution in [3.63, 3.8) is 0 Å². The van der Waals surface area contributed by atoms with Gasteiger partial charge >= 0.3 is 5.97 Å². The number of methoxy groups -OCH3 is 1. The first-order valence-corrected chi connectivity index (χ1v) is 7.15. The van der Waals surface area contributed by atoms with Crippen LogP contribution in [0.25, 0.3) is 0 Å². The number of carboxylic acids is 1. The normalized spacial score (nSPS) is 11.8. The van der Waals surface area contributed by atoms with E-state index in [1.807, 2.05) is 0 Å². The zero-order valence-corrected chi connectivity index (χ0v) is 13.0. The van der Waals surface area contributed by atoms with E-state index in [0.29, 0.717) is 36.0 Å². The lowest BCUT2D eigenvalue weighted by Gasteiger charge is -2.15. The van der Waals surface area contributed by atoms with Crippen LogP contribution in [0.15, 0.2) is 18.2 Å². The second-order valence-corrected chi connectivity index (χ2v) is 5.02. The minimum Gasteiger partial charge on any atom is -0.495 e. The minimum atomic E-state index is -1.09. The fourth-order valence-corrected chi connectivity index (χ4v) is 1.96. The number of aliphatic carboxylic acids is 1. The van der Waals surface area contributed by atoms with Crippen LogP contribution in [0.2, 0.25) is 5.02 Å². The number of ether oxygens (including phenoxy) is 1. The second-order valence-electron chi connectivity index (χ2n) is 4.58. The molecule has 0 aromatic heterocycles. The van der Waals surface area contributed by atoms with Gasteiger partial charge in [0.1, 0.15) is 11.8 Å². The van der Waals surface area contributed by atoms with Crippen molar-refractivity contribution in [2.45, 2.75) is 18.9 Å². The molecule has 122 valence electrons. The summed E-state index contributed by atoms with van der Waals surface area (Å²) in [5.74, 6) is -1.10. The van der Waals surface area contributed by atoms with Gasteiger partial charge in [0.15, 0.2) is 0 Å². The van der Waals surface area contributed by atoms with Gasteiger partial charge in [-0.1, -0.05) is 11.6 Å². The summed E-state index contributed by atoms with van der Waals surface area (Å²) in [5, 5.41) is 14.9. The third kappa shape index (κ3) is 5.88. The maximum atomic E-state index is 12.0. The maximum Gasteiger partial charge on any atom is 0.321 e. The van der Waals surface area contributed by atoms with Crippen LogP contribution >= 0.6 is 11.6 Å². The Morgan fingerprint density at radius 1 is 1.45 bits per heavy atom. The lowest BCUT2D eigenvalue weighted by atomic mass is 10.2. The van der Waals surface area contributed by atoms with Gasteiger partial charge in [-0.15, -0.1) is 0 Å². The number of hydrogen-bond donors (Lipinski definition) is 4. The van der Waals surface area contributed by atoms with E-state index in [-0.39, 0.29) is 6.42 Å². The Morgan fingerprint density at radius 3 is 2.77 bits per heavy atom. The standard InChI is InChI=1S/C14H20ClN3O4/c1-22-12-4-3-9(15)7-10(12)18-13(19)8-11(14(20)21)17-6-2-5-16/h3-4,7,11,17H,2,5-6,8,16H2,1H3,(H,18,19)(H,20,21)/t11-/m1/s1. The molecule has 0 saturated carbocycles. The van der Waals surface area contributed by atoms with Crippen LogP contribution in [-0.4, -0.2) is 43.2 Å². The van der Waals surface area contributed by atoms with E-state index in [4.69, 9.17) is 27.2 Å². The van der Waals surface area contributed by atoms with Crippen molar-refractivity contribution in [1.82, 2.24) is 5.32 Å². The molecule has 1 atom stereocenters. The van der Waals surface area contributed by atoms with Crippen LogP contribution in [-0.2, 0) is 9.59 Å². The molecule has 0 radical (unpaired) electrons. The van der Waals surface area contributed by atoms with Crippen molar-refractivity contribution >= 4 is 29.2 Å². The monoisotopic (exact) mass is 329 g/mol. The number of nitrogens with one attached hydrogen (secondary N) is 2. The van der Waals surface area contributed by atoms with Gasteiger partial charge in [0.2, 0.25) is 5.91 Å². The van der Waals surface area contributed by atoms with Crippen molar-refractivity contribution < 1.29 is 19.4 Å². The van der Waals surface area contributed by atoms with E-state index in [2.05, 4.69) is 10.6 Å². The number of halogens is 1. The number of amides is 1. The number of carbonyl (C=O) groups is 2. The summed E-state index contributed by atoms with van der Waals surface area (Å²) in [7, 11) is 1.47. The van der Waals surface area contributed by atoms with Crippen LogP contribution in [0.5, 0.6) is 5.75 Å². The zero-order chi connectivity index (χ0) is 16.5. The molecule has 0 saturated heterocycles. The van der Waals surface area contributed by atoms with E-state index in [1.165, 1.54) is 13.2 Å². The molecule has 1 aromatic carbocycles. The van der Waals surface area contributed by atoms with E-state index in [1.54, 1.807) is 12.1 Å². The molecule has 1 rings (SSSR count). The molecule has 0 heterocycles. The predicted molar refractivity (Wildman–Crippen MR) is 84.3 cm³/mol. The van der Waals surface area contributed by atoms with Gasteiger partial charge in [-0.05, 0) is 37.7 Å². The smallest absolute Gasteiger partial charge is 0.321 e. The van der Waals surface area contributed by atoms with E-state index < -0.39 is 17.9 Å². The molecule has 0 aliphatic rings. The van der Waals surface area contributed by atoms with Crippen LogP contribution in [0, 0.1) is 0 Å².